The summed E-state index contributed by atoms with van der Waals surface area (Å²) in [5.41, 5.74) is 0.415. The lowest BCUT2D eigenvalue weighted by Gasteiger charge is -2.16. The largest absolute Gasteiger partial charge is 0.337 e. The Bertz CT molecular complexity index is 508. The highest BCUT2D eigenvalue weighted by molar-refractivity contribution is 6.06. The van der Waals surface area contributed by atoms with Gasteiger partial charge in [-0.05, 0) is 6.07 Å². The summed E-state index contributed by atoms with van der Waals surface area (Å²) in [6.45, 7) is 0.562. The summed E-state index contributed by atoms with van der Waals surface area (Å²) in [6, 6.07) is 1.56. The molecule has 2 atom stereocenters. The molecule has 18 heavy (non-hydrogen) atoms. The van der Waals surface area contributed by atoms with Crippen LogP contribution in [0.3, 0.4) is 0 Å². The molecule has 3 rings (SSSR count). The van der Waals surface area contributed by atoms with Gasteiger partial charge in [-0.25, -0.2) is 0 Å². The summed E-state index contributed by atoms with van der Waals surface area (Å²) in [5, 5.41) is 9.51. The van der Waals surface area contributed by atoms with Gasteiger partial charge in [-0.1, -0.05) is 0 Å². The summed E-state index contributed by atoms with van der Waals surface area (Å²) in [6.07, 6.45) is 2.81. The Morgan fingerprint density at radius 2 is 1.89 bits per heavy atom. The standard InChI is InChI=1S/C11H10N4O3/c16-9-7-4-15(5-8(7)10(17)14-9)11(18)6-1-2-12-13-3-6/h1-3,7-8H,4-5H2,(H,14,16,17)/t7-,8+. The van der Waals surface area contributed by atoms with Gasteiger partial charge in [0.1, 0.15) is 0 Å². The van der Waals surface area contributed by atoms with Crippen LogP contribution >= 0.6 is 0 Å². The lowest BCUT2D eigenvalue weighted by molar-refractivity contribution is -0.126. The van der Waals surface area contributed by atoms with Crippen molar-refractivity contribution in [1.29, 1.82) is 0 Å². The number of aromatic nitrogens is 2. The van der Waals surface area contributed by atoms with Crippen molar-refractivity contribution in [2.24, 2.45) is 11.8 Å². The lowest BCUT2D eigenvalue weighted by Crippen LogP contribution is -2.35. The molecule has 3 amide bonds. The van der Waals surface area contributed by atoms with Crippen molar-refractivity contribution in [1.82, 2.24) is 20.4 Å². The number of carbonyl (C=O) groups excluding carboxylic acids is 3. The second-order valence-electron chi connectivity index (χ2n) is 4.41. The molecule has 92 valence electrons. The van der Waals surface area contributed by atoms with Crippen molar-refractivity contribution in [3.63, 3.8) is 0 Å². The zero-order valence-corrected chi connectivity index (χ0v) is 9.37. The van der Waals surface area contributed by atoms with Gasteiger partial charge < -0.3 is 4.90 Å². The van der Waals surface area contributed by atoms with Gasteiger partial charge in [0.05, 0.1) is 29.8 Å². The number of fused-ring (bicyclic) bond motifs is 1. The summed E-state index contributed by atoms with van der Waals surface area (Å²) in [7, 11) is 0. The molecule has 0 spiro atoms. The Morgan fingerprint density at radius 1 is 1.22 bits per heavy atom. The van der Waals surface area contributed by atoms with Gasteiger partial charge >= 0.3 is 0 Å². The molecule has 0 aromatic carbocycles. The molecule has 1 N–H and O–H groups in total. The molecule has 2 aliphatic rings. The minimum Gasteiger partial charge on any atom is -0.337 e. The molecule has 0 bridgehead atoms. The van der Waals surface area contributed by atoms with Crippen LogP contribution in [-0.4, -0.2) is 45.9 Å². The first-order valence-corrected chi connectivity index (χ1v) is 5.57. The molecule has 0 radical (unpaired) electrons. The van der Waals surface area contributed by atoms with Crippen molar-refractivity contribution in [3.8, 4) is 0 Å². The third-order valence-corrected chi connectivity index (χ3v) is 3.36. The Kier molecular flexibility index (Phi) is 2.32. The first-order valence-electron chi connectivity index (χ1n) is 5.57. The molecule has 0 unspecified atom stereocenters. The predicted molar refractivity (Wildman–Crippen MR) is 58.1 cm³/mol. The van der Waals surface area contributed by atoms with Gasteiger partial charge in [0.25, 0.3) is 5.91 Å². The van der Waals surface area contributed by atoms with E-state index >= 15 is 0 Å². The van der Waals surface area contributed by atoms with Gasteiger partial charge in [-0.3, -0.25) is 19.7 Å². The number of likely N-dealkylation sites (tertiary alicyclic amines) is 1. The van der Waals surface area contributed by atoms with E-state index in [1.165, 1.54) is 17.3 Å². The number of nitrogens with one attached hydrogen (secondary N) is 1. The number of amides is 3. The third kappa shape index (κ3) is 1.55. The van der Waals surface area contributed by atoms with E-state index in [1.54, 1.807) is 6.07 Å². The van der Waals surface area contributed by atoms with Crippen LogP contribution in [0, 0.1) is 11.8 Å². The number of hydrogen-bond acceptors (Lipinski definition) is 5. The van der Waals surface area contributed by atoms with E-state index in [0.717, 1.165) is 0 Å². The highest BCUT2D eigenvalue weighted by Crippen LogP contribution is 2.29. The van der Waals surface area contributed by atoms with E-state index < -0.39 is 11.8 Å². The second kappa shape index (κ2) is 3.86. The highest BCUT2D eigenvalue weighted by atomic mass is 16.2. The van der Waals surface area contributed by atoms with Gasteiger partial charge in [0.15, 0.2) is 0 Å². The quantitative estimate of drug-likeness (QED) is 0.630. The van der Waals surface area contributed by atoms with Crippen molar-refractivity contribution in [2.45, 2.75) is 0 Å². The second-order valence-corrected chi connectivity index (χ2v) is 4.41. The Balaban J connectivity index is 1.79. The third-order valence-electron chi connectivity index (χ3n) is 3.36. The van der Waals surface area contributed by atoms with Gasteiger partial charge in [0.2, 0.25) is 11.8 Å². The molecule has 7 heteroatoms. The molecule has 1 aromatic rings. The monoisotopic (exact) mass is 246 g/mol. The van der Waals surface area contributed by atoms with E-state index in [9.17, 15) is 14.4 Å². The predicted octanol–water partition coefficient (Wildman–Crippen LogP) is -1.18. The molecule has 2 saturated heterocycles. The zero-order chi connectivity index (χ0) is 12.7. The smallest absolute Gasteiger partial charge is 0.255 e. The van der Waals surface area contributed by atoms with E-state index in [1.807, 2.05) is 0 Å². The summed E-state index contributed by atoms with van der Waals surface area (Å²) in [4.78, 5) is 36.6. The molecule has 0 saturated carbocycles. The maximum Gasteiger partial charge on any atom is 0.255 e. The van der Waals surface area contributed by atoms with Crippen LogP contribution in [0.15, 0.2) is 18.5 Å². The average Bonchev–Trinajstić information content (AvgIpc) is 2.93. The van der Waals surface area contributed by atoms with E-state index in [4.69, 9.17) is 0 Å². The lowest BCUT2D eigenvalue weighted by atomic mass is 10.00. The molecular formula is C11H10N4O3. The number of nitrogens with zero attached hydrogens (tertiary/aromatic N) is 3. The number of imide groups is 1. The van der Waals surface area contributed by atoms with Crippen LogP contribution in [0.5, 0.6) is 0 Å². The number of hydrogen-bond donors (Lipinski definition) is 1. The SMILES string of the molecule is O=C1NC(=O)[C@@H]2CN(C(=O)c3ccnnc3)C[C@H]12. The Hall–Kier alpha value is -2.31. The van der Waals surface area contributed by atoms with Gasteiger partial charge in [-0.2, -0.15) is 10.2 Å². The topological polar surface area (TPSA) is 92.3 Å². The van der Waals surface area contributed by atoms with Crippen LogP contribution in [0.2, 0.25) is 0 Å². The maximum atomic E-state index is 12.1. The Morgan fingerprint density at radius 3 is 2.44 bits per heavy atom. The van der Waals surface area contributed by atoms with Crippen molar-refractivity contribution >= 4 is 17.7 Å². The first kappa shape index (κ1) is 10.8. The fourth-order valence-electron chi connectivity index (χ4n) is 2.41. The fraction of sp³-hybridized carbons (Fsp3) is 0.364. The van der Waals surface area contributed by atoms with Crippen LogP contribution < -0.4 is 5.32 Å². The number of rotatable bonds is 1. The van der Waals surface area contributed by atoms with Crippen LogP contribution in [-0.2, 0) is 9.59 Å². The van der Waals surface area contributed by atoms with Crippen LogP contribution in [0.25, 0.3) is 0 Å². The summed E-state index contributed by atoms with van der Waals surface area (Å²) in [5.74, 6) is -1.60. The fourth-order valence-corrected chi connectivity index (χ4v) is 2.41. The van der Waals surface area contributed by atoms with E-state index in [0.29, 0.717) is 5.56 Å². The average molecular weight is 246 g/mol. The first-order chi connectivity index (χ1) is 8.66. The van der Waals surface area contributed by atoms with Gasteiger partial charge in [0, 0.05) is 13.1 Å². The summed E-state index contributed by atoms with van der Waals surface area (Å²) >= 11 is 0. The van der Waals surface area contributed by atoms with Gasteiger partial charge in [-0.15, -0.1) is 0 Å². The minimum absolute atomic E-state index is 0.222. The Labute approximate surface area is 102 Å². The van der Waals surface area contributed by atoms with Crippen LogP contribution in [0.4, 0.5) is 0 Å². The number of carbonyl (C=O) groups is 3. The maximum absolute atomic E-state index is 12.1. The van der Waals surface area contributed by atoms with Crippen molar-refractivity contribution in [2.75, 3.05) is 13.1 Å². The van der Waals surface area contributed by atoms with E-state index in [2.05, 4.69) is 15.5 Å². The molecule has 2 fully saturated rings. The molecule has 7 nitrogen and oxygen atoms in total. The van der Waals surface area contributed by atoms with E-state index in [-0.39, 0.29) is 30.8 Å². The zero-order valence-electron chi connectivity index (χ0n) is 9.37. The summed E-state index contributed by atoms with van der Waals surface area (Å²) < 4.78 is 0. The van der Waals surface area contributed by atoms with Crippen LogP contribution in [0.1, 0.15) is 10.4 Å². The highest BCUT2D eigenvalue weighted by Gasteiger charge is 2.48. The molecule has 2 aliphatic heterocycles. The molecule has 1 aromatic heterocycles. The molecule has 3 heterocycles. The minimum atomic E-state index is -0.406. The normalized spacial score (nSPS) is 26.1. The van der Waals surface area contributed by atoms with Crippen molar-refractivity contribution < 1.29 is 14.4 Å². The van der Waals surface area contributed by atoms with Crippen molar-refractivity contribution in [3.05, 3.63) is 24.0 Å². The molecular weight excluding hydrogens is 236 g/mol. The molecule has 0 aliphatic carbocycles.